The molecule has 1 aromatic heterocycles. The SMILES string of the molecule is CCOC(=O)Nc1oc2ccccc2c1C. The molecule has 0 atom stereocenters. The van der Waals surface area contributed by atoms with Crippen LogP contribution in [-0.2, 0) is 4.74 Å². The molecule has 16 heavy (non-hydrogen) atoms. The van der Waals surface area contributed by atoms with Crippen LogP contribution >= 0.6 is 0 Å². The lowest BCUT2D eigenvalue weighted by molar-refractivity contribution is 0.167. The monoisotopic (exact) mass is 219 g/mol. The van der Waals surface area contributed by atoms with Crippen LogP contribution in [0, 0.1) is 6.92 Å². The zero-order valence-corrected chi connectivity index (χ0v) is 9.24. The molecule has 4 heteroatoms. The van der Waals surface area contributed by atoms with Crippen molar-refractivity contribution in [1.29, 1.82) is 0 Å². The Bertz CT molecular complexity index is 516. The molecule has 1 aromatic carbocycles. The fraction of sp³-hybridized carbons (Fsp3) is 0.250. The number of furan rings is 1. The number of para-hydroxylation sites is 1. The van der Waals surface area contributed by atoms with Crippen LogP contribution in [0.25, 0.3) is 11.0 Å². The van der Waals surface area contributed by atoms with Crippen molar-refractivity contribution in [3.8, 4) is 0 Å². The number of nitrogens with one attached hydrogen (secondary N) is 1. The normalized spacial score (nSPS) is 10.4. The van der Waals surface area contributed by atoms with Crippen molar-refractivity contribution in [2.24, 2.45) is 0 Å². The van der Waals surface area contributed by atoms with E-state index < -0.39 is 6.09 Å². The number of aryl methyl sites for hydroxylation is 1. The number of carbonyl (C=O) groups is 1. The maximum atomic E-state index is 11.2. The van der Waals surface area contributed by atoms with Crippen molar-refractivity contribution >= 4 is 22.9 Å². The largest absolute Gasteiger partial charge is 0.450 e. The van der Waals surface area contributed by atoms with Crippen LogP contribution < -0.4 is 5.32 Å². The van der Waals surface area contributed by atoms with Crippen LogP contribution in [0.15, 0.2) is 28.7 Å². The Morgan fingerprint density at radius 3 is 2.88 bits per heavy atom. The molecule has 0 saturated heterocycles. The van der Waals surface area contributed by atoms with Gasteiger partial charge in [0.15, 0.2) is 0 Å². The van der Waals surface area contributed by atoms with E-state index in [1.807, 2.05) is 31.2 Å². The van der Waals surface area contributed by atoms with Crippen LogP contribution in [0.5, 0.6) is 0 Å². The molecule has 1 amide bonds. The summed E-state index contributed by atoms with van der Waals surface area (Å²) in [6.07, 6.45) is -0.496. The highest BCUT2D eigenvalue weighted by Crippen LogP contribution is 2.28. The lowest BCUT2D eigenvalue weighted by Crippen LogP contribution is -2.13. The van der Waals surface area contributed by atoms with Gasteiger partial charge < -0.3 is 9.15 Å². The third kappa shape index (κ3) is 1.86. The van der Waals surface area contributed by atoms with E-state index in [1.54, 1.807) is 6.92 Å². The van der Waals surface area contributed by atoms with Crippen molar-refractivity contribution in [3.05, 3.63) is 29.8 Å². The second-order valence-corrected chi connectivity index (χ2v) is 3.40. The Morgan fingerprint density at radius 2 is 2.19 bits per heavy atom. The molecule has 0 unspecified atom stereocenters. The van der Waals surface area contributed by atoms with E-state index in [4.69, 9.17) is 9.15 Å². The van der Waals surface area contributed by atoms with E-state index in [0.717, 1.165) is 16.5 Å². The van der Waals surface area contributed by atoms with E-state index >= 15 is 0 Å². The van der Waals surface area contributed by atoms with Gasteiger partial charge in [-0.3, -0.25) is 5.32 Å². The fourth-order valence-electron chi connectivity index (χ4n) is 1.55. The molecule has 0 aliphatic carbocycles. The number of rotatable bonds is 2. The Kier molecular flexibility index (Phi) is 2.81. The fourth-order valence-corrected chi connectivity index (χ4v) is 1.55. The highest BCUT2D eigenvalue weighted by molar-refractivity contribution is 5.91. The van der Waals surface area contributed by atoms with Crippen molar-refractivity contribution in [1.82, 2.24) is 0 Å². The number of amides is 1. The summed E-state index contributed by atoms with van der Waals surface area (Å²) in [6.45, 7) is 3.99. The number of hydrogen-bond donors (Lipinski definition) is 1. The van der Waals surface area contributed by atoms with Gasteiger partial charge in [0.05, 0.1) is 6.61 Å². The molecule has 0 aliphatic rings. The minimum atomic E-state index is -0.496. The molecule has 1 N–H and O–H groups in total. The predicted octanol–water partition coefficient (Wildman–Crippen LogP) is 3.31. The summed E-state index contributed by atoms with van der Waals surface area (Å²) in [7, 11) is 0. The first-order chi connectivity index (χ1) is 7.72. The first-order valence-electron chi connectivity index (χ1n) is 5.14. The molecule has 0 aliphatic heterocycles. The first-order valence-corrected chi connectivity index (χ1v) is 5.14. The third-order valence-electron chi connectivity index (χ3n) is 2.33. The van der Waals surface area contributed by atoms with Gasteiger partial charge in [0.1, 0.15) is 5.58 Å². The summed E-state index contributed by atoms with van der Waals surface area (Å²) in [5.41, 5.74) is 1.66. The van der Waals surface area contributed by atoms with Gasteiger partial charge in [-0.25, -0.2) is 4.79 Å². The van der Waals surface area contributed by atoms with Gasteiger partial charge in [-0.05, 0) is 19.9 Å². The topological polar surface area (TPSA) is 51.5 Å². The Labute approximate surface area is 93.2 Å². The molecule has 0 radical (unpaired) electrons. The van der Waals surface area contributed by atoms with Gasteiger partial charge in [-0.15, -0.1) is 0 Å². The number of ether oxygens (including phenoxy) is 1. The zero-order chi connectivity index (χ0) is 11.5. The smallest absolute Gasteiger partial charge is 0.413 e. The molecule has 2 aromatic rings. The van der Waals surface area contributed by atoms with E-state index in [-0.39, 0.29) is 0 Å². The minimum absolute atomic E-state index is 0.338. The van der Waals surface area contributed by atoms with Crippen LogP contribution in [0.4, 0.5) is 10.7 Å². The molecule has 0 saturated carbocycles. The summed E-state index contributed by atoms with van der Waals surface area (Å²) in [4.78, 5) is 11.2. The van der Waals surface area contributed by atoms with Crippen LogP contribution in [0.2, 0.25) is 0 Å². The highest BCUT2D eigenvalue weighted by atomic mass is 16.5. The molecule has 1 heterocycles. The molecular formula is C12H13NO3. The standard InChI is InChI=1S/C12H13NO3/c1-3-15-12(14)13-11-8(2)9-6-4-5-7-10(9)16-11/h4-7H,3H2,1-2H3,(H,13,14). The van der Waals surface area contributed by atoms with Gasteiger partial charge in [-0.2, -0.15) is 0 Å². The summed E-state index contributed by atoms with van der Waals surface area (Å²) >= 11 is 0. The minimum Gasteiger partial charge on any atom is -0.450 e. The van der Waals surface area contributed by atoms with Crippen LogP contribution in [0.1, 0.15) is 12.5 Å². The van der Waals surface area contributed by atoms with Gasteiger partial charge in [0.25, 0.3) is 0 Å². The van der Waals surface area contributed by atoms with Gasteiger partial charge in [-0.1, -0.05) is 18.2 Å². The molecule has 0 spiro atoms. The van der Waals surface area contributed by atoms with E-state index in [1.165, 1.54) is 0 Å². The van der Waals surface area contributed by atoms with Crippen LogP contribution in [-0.4, -0.2) is 12.7 Å². The Hall–Kier alpha value is -1.97. The summed E-state index contributed by atoms with van der Waals surface area (Å²) < 4.78 is 10.3. The molecule has 2 rings (SSSR count). The second kappa shape index (κ2) is 4.26. The number of anilines is 1. The van der Waals surface area contributed by atoms with Gasteiger partial charge in [0, 0.05) is 10.9 Å². The zero-order valence-electron chi connectivity index (χ0n) is 9.24. The average molecular weight is 219 g/mol. The number of hydrogen-bond acceptors (Lipinski definition) is 3. The van der Waals surface area contributed by atoms with Gasteiger partial charge in [0.2, 0.25) is 5.88 Å². The number of benzene rings is 1. The third-order valence-corrected chi connectivity index (χ3v) is 2.33. The average Bonchev–Trinajstić information content (AvgIpc) is 2.57. The maximum absolute atomic E-state index is 11.2. The predicted molar refractivity (Wildman–Crippen MR) is 61.6 cm³/mol. The second-order valence-electron chi connectivity index (χ2n) is 3.40. The van der Waals surface area contributed by atoms with E-state index in [2.05, 4.69) is 5.32 Å². The van der Waals surface area contributed by atoms with E-state index in [9.17, 15) is 4.79 Å². The van der Waals surface area contributed by atoms with Crippen molar-refractivity contribution in [2.75, 3.05) is 11.9 Å². The highest BCUT2D eigenvalue weighted by Gasteiger charge is 2.12. The Morgan fingerprint density at radius 1 is 1.44 bits per heavy atom. The summed E-state index contributed by atoms with van der Waals surface area (Å²) in [5, 5.41) is 3.57. The van der Waals surface area contributed by atoms with Crippen LogP contribution in [0.3, 0.4) is 0 Å². The summed E-state index contributed by atoms with van der Waals surface area (Å²) in [6, 6.07) is 7.63. The van der Waals surface area contributed by atoms with E-state index in [0.29, 0.717) is 12.5 Å². The lowest BCUT2D eigenvalue weighted by Gasteiger charge is -2.02. The molecule has 0 fully saturated rings. The first kappa shape index (κ1) is 10.5. The van der Waals surface area contributed by atoms with Gasteiger partial charge >= 0.3 is 6.09 Å². The molecule has 84 valence electrons. The quantitative estimate of drug-likeness (QED) is 0.842. The molecule has 4 nitrogen and oxygen atoms in total. The maximum Gasteiger partial charge on any atom is 0.413 e. The Balaban J connectivity index is 2.31. The number of fused-ring (bicyclic) bond motifs is 1. The van der Waals surface area contributed by atoms with Crippen molar-refractivity contribution < 1.29 is 13.9 Å². The molecule has 0 bridgehead atoms. The summed E-state index contributed by atoms with van der Waals surface area (Å²) in [5.74, 6) is 0.444. The number of carbonyl (C=O) groups excluding carboxylic acids is 1. The van der Waals surface area contributed by atoms with Crippen molar-refractivity contribution in [2.45, 2.75) is 13.8 Å². The van der Waals surface area contributed by atoms with Crippen molar-refractivity contribution in [3.63, 3.8) is 0 Å². The lowest BCUT2D eigenvalue weighted by atomic mass is 10.2. The molecular weight excluding hydrogens is 206 g/mol.